The molecule has 4 rings (SSSR count). The minimum Gasteiger partial charge on any atom is -0.356 e. The molecular formula is C22H26N6O. The third-order valence-electron chi connectivity index (χ3n) is 4.99. The van der Waals surface area contributed by atoms with Crippen LogP contribution in [0.3, 0.4) is 0 Å². The average molecular weight is 390 g/mol. The summed E-state index contributed by atoms with van der Waals surface area (Å²) in [6.45, 7) is 4.80. The maximum atomic E-state index is 12.8. The van der Waals surface area contributed by atoms with E-state index in [0.717, 1.165) is 42.5 Å². The Balaban J connectivity index is 1.45. The maximum Gasteiger partial charge on any atom is 0.274 e. The fourth-order valence-corrected chi connectivity index (χ4v) is 3.36. The molecule has 1 aromatic carbocycles. The second-order valence-electron chi connectivity index (χ2n) is 7.54. The quantitative estimate of drug-likeness (QED) is 0.604. The Hall–Kier alpha value is -3.22. The second-order valence-corrected chi connectivity index (χ2v) is 7.54. The molecule has 1 N–H and O–H groups in total. The Kier molecular flexibility index (Phi) is 5.84. The Bertz CT molecular complexity index is 951. The van der Waals surface area contributed by atoms with Gasteiger partial charge in [-0.2, -0.15) is 0 Å². The highest BCUT2D eigenvalue weighted by Gasteiger charge is 2.25. The van der Waals surface area contributed by atoms with Gasteiger partial charge in [0.15, 0.2) is 0 Å². The molecule has 2 aromatic heterocycles. The van der Waals surface area contributed by atoms with E-state index >= 15 is 0 Å². The van der Waals surface area contributed by atoms with Gasteiger partial charge in [0.25, 0.3) is 5.91 Å². The van der Waals surface area contributed by atoms with Crippen LogP contribution in [0.5, 0.6) is 0 Å². The summed E-state index contributed by atoms with van der Waals surface area (Å²) in [5.74, 6) is 1.36. The maximum absolute atomic E-state index is 12.8. The van der Waals surface area contributed by atoms with E-state index in [4.69, 9.17) is 0 Å². The van der Waals surface area contributed by atoms with Crippen LogP contribution < -0.4 is 10.2 Å². The van der Waals surface area contributed by atoms with Crippen LogP contribution in [0.2, 0.25) is 0 Å². The van der Waals surface area contributed by atoms with Crippen molar-refractivity contribution in [3.63, 3.8) is 0 Å². The first kappa shape index (κ1) is 19.1. The van der Waals surface area contributed by atoms with Gasteiger partial charge in [0.05, 0.1) is 6.33 Å². The van der Waals surface area contributed by atoms with Crippen molar-refractivity contribution in [2.24, 2.45) is 5.92 Å². The van der Waals surface area contributed by atoms with Crippen molar-refractivity contribution in [2.45, 2.75) is 32.7 Å². The number of nitrogens with zero attached hydrogens (tertiary/aromatic N) is 5. The monoisotopic (exact) mass is 390 g/mol. The van der Waals surface area contributed by atoms with Gasteiger partial charge >= 0.3 is 0 Å². The Morgan fingerprint density at radius 1 is 1.28 bits per heavy atom. The van der Waals surface area contributed by atoms with Crippen LogP contribution in [0.1, 0.15) is 42.2 Å². The van der Waals surface area contributed by atoms with Gasteiger partial charge in [0.1, 0.15) is 17.8 Å². The number of benzene rings is 1. The molecular weight excluding hydrogens is 364 g/mol. The van der Waals surface area contributed by atoms with Crippen LogP contribution in [0.15, 0.2) is 55.4 Å². The minimum atomic E-state index is -0.226. The topological polar surface area (TPSA) is 75.9 Å². The van der Waals surface area contributed by atoms with Gasteiger partial charge in [0, 0.05) is 43.8 Å². The van der Waals surface area contributed by atoms with Crippen LogP contribution in [0.25, 0.3) is 0 Å². The van der Waals surface area contributed by atoms with Crippen molar-refractivity contribution in [1.82, 2.24) is 19.5 Å². The summed E-state index contributed by atoms with van der Waals surface area (Å²) < 4.78 is 1.99. The van der Waals surface area contributed by atoms with Crippen molar-refractivity contribution in [1.29, 1.82) is 0 Å². The van der Waals surface area contributed by atoms with E-state index in [9.17, 15) is 4.79 Å². The number of aromatic nitrogens is 4. The number of carbonyl (C=O) groups is 1. The molecule has 0 aliphatic heterocycles. The van der Waals surface area contributed by atoms with Gasteiger partial charge in [0.2, 0.25) is 0 Å². The van der Waals surface area contributed by atoms with Crippen LogP contribution in [-0.4, -0.2) is 38.5 Å². The number of anilines is 2. The molecule has 0 radical (unpaired) electrons. The molecule has 0 unspecified atom stereocenters. The molecule has 1 saturated carbocycles. The molecule has 7 heteroatoms. The molecule has 7 nitrogen and oxygen atoms in total. The molecule has 1 fully saturated rings. The van der Waals surface area contributed by atoms with E-state index in [1.54, 1.807) is 18.6 Å². The first-order valence-corrected chi connectivity index (χ1v) is 10.1. The SMILES string of the molecule is CCCN(CC1CC1)c1cc(C(=O)Nc2cccc(Cn3ccnc3)c2)ncn1. The standard InChI is InChI=1S/C22H26N6O/c1-2-9-28(14-17-6-7-17)21-12-20(24-15-25-21)22(29)26-19-5-3-4-18(11-19)13-27-10-8-23-16-27/h3-5,8,10-12,15-17H,2,6-7,9,13-14H2,1H3,(H,26,29). The van der Waals surface area contributed by atoms with E-state index in [1.807, 2.05) is 35.0 Å². The lowest BCUT2D eigenvalue weighted by Crippen LogP contribution is -2.28. The smallest absolute Gasteiger partial charge is 0.274 e. The largest absolute Gasteiger partial charge is 0.356 e. The molecule has 0 bridgehead atoms. The van der Waals surface area contributed by atoms with Crippen LogP contribution in [0.4, 0.5) is 11.5 Å². The number of hydrogen-bond acceptors (Lipinski definition) is 5. The van der Waals surface area contributed by atoms with E-state index in [2.05, 4.69) is 32.1 Å². The van der Waals surface area contributed by atoms with Crippen molar-refractivity contribution in [3.05, 3.63) is 66.6 Å². The molecule has 0 saturated heterocycles. The summed E-state index contributed by atoms with van der Waals surface area (Å²) in [4.78, 5) is 27.7. The number of nitrogens with one attached hydrogen (secondary N) is 1. The van der Waals surface area contributed by atoms with Crippen molar-refractivity contribution < 1.29 is 4.79 Å². The highest BCUT2D eigenvalue weighted by atomic mass is 16.1. The van der Waals surface area contributed by atoms with E-state index in [1.165, 1.54) is 19.2 Å². The predicted octanol–water partition coefficient (Wildman–Crippen LogP) is 3.60. The van der Waals surface area contributed by atoms with E-state index in [0.29, 0.717) is 12.2 Å². The summed E-state index contributed by atoms with van der Waals surface area (Å²) in [7, 11) is 0. The minimum absolute atomic E-state index is 0.226. The van der Waals surface area contributed by atoms with Crippen LogP contribution >= 0.6 is 0 Å². The van der Waals surface area contributed by atoms with Gasteiger partial charge in [-0.05, 0) is 42.9 Å². The first-order chi connectivity index (χ1) is 14.2. The number of rotatable bonds is 9. The van der Waals surface area contributed by atoms with Crippen molar-refractivity contribution >= 4 is 17.4 Å². The predicted molar refractivity (Wildman–Crippen MR) is 113 cm³/mol. The third kappa shape index (κ3) is 5.19. The summed E-state index contributed by atoms with van der Waals surface area (Å²) >= 11 is 0. The van der Waals surface area contributed by atoms with Gasteiger partial charge < -0.3 is 14.8 Å². The Labute approximate surface area is 170 Å². The fourth-order valence-electron chi connectivity index (χ4n) is 3.36. The summed E-state index contributed by atoms with van der Waals surface area (Å²) in [5.41, 5.74) is 2.21. The lowest BCUT2D eigenvalue weighted by Gasteiger charge is -2.23. The van der Waals surface area contributed by atoms with Crippen LogP contribution in [-0.2, 0) is 6.54 Å². The van der Waals surface area contributed by atoms with Gasteiger partial charge in [-0.1, -0.05) is 19.1 Å². The average Bonchev–Trinajstić information content (AvgIpc) is 3.41. The highest BCUT2D eigenvalue weighted by Crippen LogP contribution is 2.31. The lowest BCUT2D eigenvalue weighted by atomic mass is 10.2. The molecule has 29 heavy (non-hydrogen) atoms. The van der Waals surface area contributed by atoms with Gasteiger partial charge in [-0.15, -0.1) is 0 Å². The zero-order chi connectivity index (χ0) is 20.1. The van der Waals surface area contributed by atoms with Gasteiger partial charge in [-0.3, -0.25) is 4.79 Å². The number of hydrogen-bond donors (Lipinski definition) is 1. The molecule has 150 valence electrons. The molecule has 1 aliphatic carbocycles. The summed E-state index contributed by atoms with van der Waals surface area (Å²) in [6, 6.07) is 9.61. The van der Waals surface area contributed by atoms with Crippen LogP contribution in [0, 0.1) is 5.92 Å². The molecule has 0 atom stereocenters. The zero-order valence-electron chi connectivity index (χ0n) is 16.7. The molecule has 2 heterocycles. The van der Waals surface area contributed by atoms with E-state index in [-0.39, 0.29) is 5.91 Å². The number of imidazole rings is 1. The van der Waals surface area contributed by atoms with Gasteiger partial charge in [-0.25, -0.2) is 15.0 Å². The summed E-state index contributed by atoms with van der Waals surface area (Å²) in [6.07, 6.45) is 10.5. The molecule has 1 aliphatic rings. The normalized spacial score (nSPS) is 13.3. The van der Waals surface area contributed by atoms with Crippen molar-refractivity contribution in [3.8, 4) is 0 Å². The molecule has 0 spiro atoms. The third-order valence-corrected chi connectivity index (χ3v) is 4.99. The Morgan fingerprint density at radius 3 is 2.93 bits per heavy atom. The molecule has 3 aromatic rings. The zero-order valence-corrected chi connectivity index (χ0v) is 16.7. The lowest BCUT2D eigenvalue weighted by molar-refractivity contribution is 0.102. The highest BCUT2D eigenvalue weighted by molar-refractivity contribution is 6.03. The fraction of sp³-hybridized carbons (Fsp3) is 0.364. The Morgan fingerprint density at radius 2 is 2.17 bits per heavy atom. The number of amides is 1. The van der Waals surface area contributed by atoms with Crippen molar-refractivity contribution in [2.75, 3.05) is 23.3 Å². The van der Waals surface area contributed by atoms with E-state index < -0.39 is 0 Å². The second kappa shape index (κ2) is 8.86. The first-order valence-electron chi connectivity index (χ1n) is 10.1. The summed E-state index contributed by atoms with van der Waals surface area (Å²) in [5, 5.41) is 2.96. The number of carbonyl (C=O) groups excluding carboxylic acids is 1. The molecule has 1 amide bonds.